The van der Waals surface area contributed by atoms with Crippen molar-refractivity contribution in [1.82, 2.24) is 9.80 Å². The van der Waals surface area contributed by atoms with E-state index in [1.54, 1.807) is 4.90 Å². The molecule has 5 aliphatic carbocycles. The lowest BCUT2D eigenvalue weighted by molar-refractivity contribution is -0.150. The first-order valence-corrected chi connectivity index (χ1v) is 15.1. The number of amides is 2. The highest BCUT2D eigenvalue weighted by atomic mass is 16.4. The molecule has 7 heteroatoms. The molecule has 0 bridgehead atoms. The minimum Gasteiger partial charge on any atom is -0.426 e. The number of carbonyl (C=O) groups is 2. The van der Waals surface area contributed by atoms with Crippen LogP contribution in [0.2, 0.25) is 0 Å². The summed E-state index contributed by atoms with van der Waals surface area (Å²) in [5.74, 6) is 0.0352. The van der Waals surface area contributed by atoms with Crippen LogP contribution in [0, 0.1) is 27.1 Å². The third-order valence-electron chi connectivity index (χ3n) is 13.4. The summed E-state index contributed by atoms with van der Waals surface area (Å²) >= 11 is 0. The Morgan fingerprint density at radius 3 is 1.97 bits per heavy atom. The van der Waals surface area contributed by atoms with Crippen LogP contribution < -0.4 is 0 Å². The topological polar surface area (TPSA) is 81.1 Å². The molecule has 1 unspecified atom stereocenters. The highest BCUT2D eigenvalue weighted by Gasteiger charge is 2.79. The number of hydrogen-bond acceptors (Lipinski definition) is 4. The van der Waals surface area contributed by atoms with E-state index in [2.05, 4.69) is 18.7 Å². The zero-order valence-corrected chi connectivity index (χ0v) is 22.5. The van der Waals surface area contributed by atoms with E-state index in [1.165, 1.54) is 44.9 Å². The van der Waals surface area contributed by atoms with Crippen LogP contribution in [0.5, 0.6) is 0 Å². The van der Waals surface area contributed by atoms with E-state index < -0.39 is 18.5 Å². The number of carbonyl (C=O) groups excluding carboxylic acids is 2. The summed E-state index contributed by atoms with van der Waals surface area (Å²) in [4.78, 5) is 32.3. The van der Waals surface area contributed by atoms with E-state index in [0.29, 0.717) is 29.7 Å². The molecule has 0 radical (unpaired) electrons. The van der Waals surface area contributed by atoms with Crippen LogP contribution in [-0.4, -0.2) is 63.4 Å². The van der Waals surface area contributed by atoms with Gasteiger partial charge in [-0.15, -0.1) is 0 Å². The lowest BCUT2D eigenvalue weighted by Gasteiger charge is -2.48. The SMILES string of the molecule is CCC1(C2(C3(CC(=O)N4CCCC4(C)C4(C5(C(=O)N6CCC[C@H]6B(O)O)CC5)CC4)CC3)CC2)CC1. The van der Waals surface area contributed by atoms with Crippen molar-refractivity contribution in [2.24, 2.45) is 27.1 Å². The molecule has 7 rings (SSSR count). The quantitative estimate of drug-likeness (QED) is 0.472. The molecule has 2 N–H and O–H groups in total. The van der Waals surface area contributed by atoms with E-state index in [1.807, 2.05) is 0 Å². The molecule has 198 valence electrons. The number of hydrogen-bond donors (Lipinski definition) is 2. The molecule has 0 aromatic carbocycles. The van der Waals surface area contributed by atoms with Gasteiger partial charge in [0.15, 0.2) is 0 Å². The zero-order valence-electron chi connectivity index (χ0n) is 22.5. The molecule has 0 aromatic rings. The van der Waals surface area contributed by atoms with Crippen LogP contribution in [0.15, 0.2) is 0 Å². The van der Waals surface area contributed by atoms with Crippen molar-refractivity contribution in [2.45, 2.75) is 128 Å². The average molecular weight is 497 g/mol. The Morgan fingerprint density at radius 1 is 0.833 bits per heavy atom. The lowest BCUT2D eigenvalue weighted by atomic mass is 9.67. The fraction of sp³-hybridized carbons (Fsp3) is 0.931. The van der Waals surface area contributed by atoms with Gasteiger partial charge in [0, 0.05) is 30.5 Å². The molecule has 0 aromatic heterocycles. The summed E-state index contributed by atoms with van der Waals surface area (Å²) in [6, 6.07) is 0. The molecule has 36 heavy (non-hydrogen) atoms. The Hall–Kier alpha value is -1.08. The van der Waals surface area contributed by atoms with Crippen molar-refractivity contribution in [3.05, 3.63) is 0 Å². The Kier molecular flexibility index (Phi) is 4.87. The first-order valence-electron chi connectivity index (χ1n) is 15.1. The van der Waals surface area contributed by atoms with Crippen molar-refractivity contribution in [3.8, 4) is 0 Å². The maximum atomic E-state index is 14.2. The molecule has 0 spiro atoms. The van der Waals surface area contributed by atoms with Crippen LogP contribution in [0.3, 0.4) is 0 Å². The van der Waals surface area contributed by atoms with Gasteiger partial charge >= 0.3 is 7.12 Å². The van der Waals surface area contributed by atoms with Gasteiger partial charge in [0.2, 0.25) is 11.8 Å². The second-order valence-electron chi connectivity index (χ2n) is 14.4. The minimum absolute atomic E-state index is 0.133. The normalized spacial score (nSPS) is 36.9. The molecule has 7 fully saturated rings. The molecule has 2 atom stereocenters. The third kappa shape index (κ3) is 2.83. The number of likely N-dealkylation sites (tertiary alicyclic amines) is 2. The highest BCUT2D eigenvalue weighted by molar-refractivity contribution is 6.43. The maximum Gasteiger partial charge on any atom is 0.475 e. The van der Waals surface area contributed by atoms with Gasteiger partial charge in [0.05, 0.1) is 11.4 Å². The van der Waals surface area contributed by atoms with E-state index in [0.717, 1.165) is 57.9 Å². The van der Waals surface area contributed by atoms with Crippen molar-refractivity contribution in [1.29, 1.82) is 0 Å². The molecule has 5 saturated carbocycles. The van der Waals surface area contributed by atoms with E-state index in [4.69, 9.17) is 0 Å². The van der Waals surface area contributed by atoms with Crippen molar-refractivity contribution in [3.63, 3.8) is 0 Å². The lowest BCUT2D eigenvalue weighted by Crippen LogP contribution is -2.58. The maximum absolute atomic E-state index is 14.2. The van der Waals surface area contributed by atoms with Gasteiger partial charge in [-0.2, -0.15) is 0 Å². The Bertz CT molecular complexity index is 976. The third-order valence-corrected chi connectivity index (χ3v) is 13.4. The summed E-state index contributed by atoms with van der Waals surface area (Å²) < 4.78 is 0. The molecule has 2 aliphatic heterocycles. The van der Waals surface area contributed by atoms with Crippen LogP contribution in [-0.2, 0) is 9.59 Å². The smallest absolute Gasteiger partial charge is 0.426 e. The monoisotopic (exact) mass is 496 g/mol. The molecule has 2 amide bonds. The van der Waals surface area contributed by atoms with Gasteiger partial charge in [-0.1, -0.05) is 6.92 Å². The summed E-state index contributed by atoms with van der Waals surface area (Å²) in [5.41, 5.74) is 0.441. The van der Waals surface area contributed by atoms with E-state index in [9.17, 15) is 19.6 Å². The molecule has 2 heterocycles. The summed E-state index contributed by atoms with van der Waals surface area (Å²) in [6.45, 7) is 6.14. The number of rotatable bonds is 9. The zero-order chi connectivity index (χ0) is 25.2. The van der Waals surface area contributed by atoms with Crippen molar-refractivity contribution in [2.75, 3.05) is 13.1 Å². The highest BCUT2D eigenvalue weighted by Crippen LogP contribution is 2.84. The van der Waals surface area contributed by atoms with Gasteiger partial charge in [-0.05, 0) is 119 Å². The molecule has 7 aliphatic rings. The Balaban J connectivity index is 1.13. The molecule has 6 nitrogen and oxygen atoms in total. The van der Waals surface area contributed by atoms with Crippen LogP contribution >= 0.6 is 0 Å². The van der Waals surface area contributed by atoms with Crippen LogP contribution in [0.25, 0.3) is 0 Å². The standard InChI is InChI=1S/C29H45BN2O4/c1-3-25(8-9-25)29(16-17-29)26(10-11-26)20-22(33)32-19-5-7-24(32,2)28(14-15-28)27(12-13-27)23(34)31-18-4-6-21(31)30(35)36/h21,35-36H,3-20H2,1-2H3/t21-,24?/m0/s1. The first kappa shape index (κ1) is 24.0. The van der Waals surface area contributed by atoms with E-state index >= 15 is 0 Å². The van der Waals surface area contributed by atoms with Gasteiger partial charge in [-0.25, -0.2) is 0 Å². The largest absolute Gasteiger partial charge is 0.475 e. The summed E-state index contributed by atoms with van der Waals surface area (Å²) in [7, 11) is -1.47. The Labute approximate surface area is 216 Å². The second-order valence-corrected chi connectivity index (χ2v) is 14.4. The first-order chi connectivity index (χ1) is 17.2. The van der Waals surface area contributed by atoms with Crippen molar-refractivity contribution < 1.29 is 19.6 Å². The summed E-state index contributed by atoms with van der Waals surface area (Å²) in [6.07, 6.45) is 17.2. The van der Waals surface area contributed by atoms with Crippen LogP contribution in [0.1, 0.15) is 117 Å². The Morgan fingerprint density at radius 2 is 1.47 bits per heavy atom. The fourth-order valence-electron chi connectivity index (χ4n) is 10.6. The van der Waals surface area contributed by atoms with Gasteiger partial charge in [0.25, 0.3) is 0 Å². The predicted molar refractivity (Wildman–Crippen MR) is 138 cm³/mol. The minimum atomic E-state index is -1.47. The van der Waals surface area contributed by atoms with Crippen molar-refractivity contribution >= 4 is 18.9 Å². The van der Waals surface area contributed by atoms with Crippen LogP contribution in [0.4, 0.5) is 0 Å². The molecular weight excluding hydrogens is 451 g/mol. The fourth-order valence-corrected chi connectivity index (χ4v) is 10.6. The second kappa shape index (κ2) is 7.31. The van der Waals surface area contributed by atoms with Gasteiger partial charge in [0.1, 0.15) is 0 Å². The predicted octanol–water partition coefficient (Wildman–Crippen LogP) is 4.07. The van der Waals surface area contributed by atoms with Gasteiger partial charge in [-0.3, -0.25) is 9.59 Å². The molecule has 2 saturated heterocycles. The van der Waals surface area contributed by atoms with Gasteiger partial charge < -0.3 is 19.8 Å². The summed E-state index contributed by atoms with van der Waals surface area (Å²) in [5, 5.41) is 19.9. The molecular formula is C29H45BN2O4. The van der Waals surface area contributed by atoms with E-state index in [-0.39, 0.29) is 22.3 Å². The average Bonchev–Trinajstić information content (AvgIpc) is 3.67. The number of nitrogens with zero attached hydrogens (tertiary/aromatic N) is 2.